The summed E-state index contributed by atoms with van der Waals surface area (Å²) in [4.78, 5) is 9.91. The van der Waals surface area contributed by atoms with E-state index in [4.69, 9.17) is 0 Å². The summed E-state index contributed by atoms with van der Waals surface area (Å²) in [7, 11) is 0. The molecule has 1 nitrogen and oxygen atoms in total. The van der Waals surface area contributed by atoms with Gasteiger partial charge in [-0.2, -0.15) is 0 Å². The zero-order chi connectivity index (χ0) is 9.90. The largest absolute Gasteiger partial charge is 0.303 e. The first-order valence-electron chi connectivity index (χ1n) is 3.64. The first-order chi connectivity index (χ1) is 6.06. The molecule has 1 aromatic rings. The fourth-order valence-electron chi connectivity index (χ4n) is 0.916. The third-order valence-corrected chi connectivity index (χ3v) is 1.61. The molecule has 0 aromatic heterocycles. The number of benzene rings is 1. The molecule has 4 heteroatoms. The smallest absolute Gasteiger partial charge is 0.279 e. The van der Waals surface area contributed by atoms with Crippen molar-refractivity contribution in [1.82, 2.24) is 0 Å². The Morgan fingerprint density at radius 3 is 2.23 bits per heavy atom. The SMILES string of the molecule is O=CCC(F)(F)c1ccc(F)cc1. The molecule has 0 fully saturated rings. The minimum Gasteiger partial charge on any atom is -0.303 e. The molecule has 0 aliphatic rings. The number of carbonyl (C=O) groups is 1. The molecule has 0 N–H and O–H groups in total. The van der Waals surface area contributed by atoms with Crippen molar-refractivity contribution >= 4 is 6.29 Å². The monoisotopic (exact) mass is 188 g/mol. The highest BCUT2D eigenvalue weighted by molar-refractivity contribution is 5.52. The minimum atomic E-state index is -3.20. The number of hydrogen-bond acceptors (Lipinski definition) is 1. The van der Waals surface area contributed by atoms with Gasteiger partial charge in [-0.1, -0.05) is 12.1 Å². The third kappa shape index (κ3) is 2.31. The second kappa shape index (κ2) is 3.60. The van der Waals surface area contributed by atoms with Crippen molar-refractivity contribution < 1.29 is 18.0 Å². The molecule has 70 valence electrons. The normalized spacial score (nSPS) is 11.3. The van der Waals surface area contributed by atoms with E-state index in [9.17, 15) is 18.0 Å². The van der Waals surface area contributed by atoms with Crippen LogP contribution in [0, 0.1) is 5.82 Å². The molecule has 0 heterocycles. The summed E-state index contributed by atoms with van der Waals surface area (Å²) in [6, 6.07) is 3.82. The highest BCUT2D eigenvalue weighted by Crippen LogP contribution is 2.30. The molecule has 1 rings (SSSR count). The Kier molecular flexibility index (Phi) is 2.70. The van der Waals surface area contributed by atoms with Crippen molar-refractivity contribution in [2.45, 2.75) is 12.3 Å². The van der Waals surface area contributed by atoms with Crippen molar-refractivity contribution in [2.75, 3.05) is 0 Å². The van der Waals surface area contributed by atoms with Crippen molar-refractivity contribution in [3.63, 3.8) is 0 Å². The number of hydrogen-bond donors (Lipinski definition) is 0. The van der Waals surface area contributed by atoms with Gasteiger partial charge in [-0.25, -0.2) is 13.2 Å². The molecular weight excluding hydrogens is 181 g/mol. The van der Waals surface area contributed by atoms with Crippen LogP contribution in [0.3, 0.4) is 0 Å². The van der Waals surface area contributed by atoms with Gasteiger partial charge in [0.2, 0.25) is 0 Å². The van der Waals surface area contributed by atoms with Crippen LogP contribution in [-0.2, 0) is 10.7 Å². The molecule has 1 aromatic carbocycles. The molecule has 0 atom stereocenters. The molecule has 0 spiro atoms. The second-order valence-electron chi connectivity index (χ2n) is 2.58. The topological polar surface area (TPSA) is 17.1 Å². The first kappa shape index (κ1) is 9.77. The summed E-state index contributed by atoms with van der Waals surface area (Å²) in [6.45, 7) is 0. The summed E-state index contributed by atoms with van der Waals surface area (Å²) < 4.78 is 38.2. The molecule has 0 aliphatic heterocycles. The summed E-state index contributed by atoms with van der Waals surface area (Å²) in [6.07, 6.45) is -0.734. The Balaban J connectivity index is 2.93. The van der Waals surface area contributed by atoms with Crippen LogP contribution < -0.4 is 0 Å². The lowest BCUT2D eigenvalue weighted by molar-refractivity contribution is -0.115. The lowest BCUT2D eigenvalue weighted by Gasteiger charge is -2.12. The molecule has 0 aliphatic carbocycles. The number of alkyl halides is 2. The molecule has 0 radical (unpaired) electrons. The van der Waals surface area contributed by atoms with Crippen LogP contribution >= 0.6 is 0 Å². The maximum Gasteiger partial charge on any atom is 0.279 e. The average molecular weight is 188 g/mol. The summed E-state index contributed by atoms with van der Waals surface area (Å²) >= 11 is 0. The van der Waals surface area contributed by atoms with Crippen LogP contribution in [0.4, 0.5) is 13.2 Å². The fraction of sp³-hybridized carbons (Fsp3) is 0.222. The molecule has 0 amide bonds. The van der Waals surface area contributed by atoms with Crippen LogP contribution in [0.2, 0.25) is 0 Å². The Bertz CT molecular complexity index is 292. The zero-order valence-electron chi connectivity index (χ0n) is 6.64. The van der Waals surface area contributed by atoms with E-state index in [0.29, 0.717) is 0 Å². The minimum absolute atomic E-state index is 0.142. The third-order valence-electron chi connectivity index (χ3n) is 1.61. The van der Waals surface area contributed by atoms with Crippen molar-refractivity contribution in [2.24, 2.45) is 0 Å². The molecule has 0 saturated carbocycles. The highest BCUT2D eigenvalue weighted by atomic mass is 19.3. The summed E-state index contributed by atoms with van der Waals surface area (Å²) in [5, 5.41) is 0. The lowest BCUT2D eigenvalue weighted by atomic mass is 10.1. The van der Waals surface area contributed by atoms with Gasteiger partial charge in [0.05, 0.1) is 6.42 Å². The standard InChI is InChI=1S/C9H7F3O/c10-8-3-1-7(2-4-8)9(11,12)5-6-13/h1-4,6H,5H2. The van der Waals surface area contributed by atoms with Gasteiger partial charge < -0.3 is 4.79 Å². The maximum atomic E-state index is 12.9. The summed E-state index contributed by atoms with van der Waals surface area (Å²) in [5.41, 5.74) is -0.346. The first-order valence-corrected chi connectivity index (χ1v) is 3.64. The number of aldehydes is 1. The van der Waals surface area contributed by atoms with Gasteiger partial charge in [0, 0.05) is 5.56 Å². The van der Waals surface area contributed by atoms with Crippen LogP contribution in [0.15, 0.2) is 24.3 Å². The van der Waals surface area contributed by atoms with Gasteiger partial charge in [-0.3, -0.25) is 0 Å². The van der Waals surface area contributed by atoms with Gasteiger partial charge in [0.1, 0.15) is 12.1 Å². The van der Waals surface area contributed by atoms with E-state index in [1.165, 1.54) is 0 Å². The maximum absolute atomic E-state index is 12.9. The van der Waals surface area contributed by atoms with E-state index in [1.54, 1.807) is 0 Å². The summed E-state index contributed by atoms with van der Waals surface area (Å²) in [5.74, 6) is -3.78. The van der Waals surface area contributed by atoms with Crippen LogP contribution in [0.1, 0.15) is 12.0 Å². The zero-order valence-corrected chi connectivity index (χ0v) is 6.64. The van der Waals surface area contributed by atoms with Crippen molar-refractivity contribution in [3.05, 3.63) is 35.6 Å². The Morgan fingerprint density at radius 2 is 1.77 bits per heavy atom. The number of carbonyl (C=O) groups excluding carboxylic acids is 1. The average Bonchev–Trinajstić information content (AvgIpc) is 2.05. The van der Waals surface area contributed by atoms with E-state index in [0.717, 1.165) is 24.3 Å². The van der Waals surface area contributed by atoms with Gasteiger partial charge >= 0.3 is 0 Å². The molecule has 13 heavy (non-hydrogen) atoms. The van der Waals surface area contributed by atoms with Gasteiger partial charge in [0.25, 0.3) is 5.92 Å². The number of halogens is 3. The molecular formula is C9H7F3O. The Labute approximate surface area is 73.2 Å². The van der Waals surface area contributed by atoms with Crippen molar-refractivity contribution in [3.8, 4) is 0 Å². The highest BCUT2D eigenvalue weighted by Gasteiger charge is 2.30. The number of rotatable bonds is 3. The second-order valence-corrected chi connectivity index (χ2v) is 2.58. The fourth-order valence-corrected chi connectivity index (χ4v) is 0.916. The molecule has 0 saturated heterocycles. The predicted octanol–water partition coefficient (Wildman–Crippen LogP) is 2.51. The van der Waals surface area contributed by atoms with E-state index in [2.05, 4.69) is 0 Å². The van der Waals surface area contributed by atoms with E-state index >= 15 is 0 Å². The van der Waals surface area contributed by atoms with Gasteiger partial charge in [0.15, 0.2) is 0 Å². The predicted molar refractivity (Wildman–Crippen MR) is 41.0 cm³/mol. The van der Waals surface area contributed by atoms with E-state index < -0.39 is 18.2 Å². The van der Waals surface area contributed by atoms with Gasteiger partial charge in [-0.05, 0) is 12.1 Å². The molecule has 0 unspecified atom stereocenters. The quantitative estimate of drug-likeness (QED) is 0.666. The van der Waals surface area contributed by atoms with Gasteiger partial charge in [-0.15, -0.1) is 0 Å². The van der Waals surface area contributed by atoms with Crippen LogP contribution in [-0.4, -0.2) is 6.29 Å². The van der Waals surface area contributed by atoms with E-state index in [1.807, 2.05) is 0 Å². The van der Waals surface area contributed by atoms with Crippen molar-refractivity contribution in [1.29, 1.82) is 0 Å². The van der Waals surface area contributed by atoms with Crippen LogP contribution in [0.5, 0.6) is 0 Å². The Hall–Kier alpha value is -1.32. The lowest BCUT2D eigenvalue weighted by Crippen LogP contribution is -2.13. The van der Waals surface area contributed by atoms with Crippen LogP contribution in [0.25, 0.3) is 0 Å². The molecule has 0 bridgehead atoms. The van der Waals surface area contributed by atoms with E-state index in [-0.39, 0.29) is 11.8 Å². The Morgan fingerprint density at radius 1 is 1.23 bits per heavy atom.